The van der Waals surface area contributed by atoms with Gasteiger partial charge in [0, 0.05) is 6.04 Å². The van der Waals surface area contributed by atoms with Gasteiger partial charge in [-0.2, -0.15) is 5.26 Å². The van der Waals surface area contributed by atoms with Crippen LogP contribution in [0.2, 0.25) is 5.02 Å². The first kappa shape index (κ1) is 20.4. The molecule has 6 heteroatoms. The van der Waals surface area contributed by atoms with Gasteiger partial charge in [-0.15, -0.1) is 0 Å². The van der Waals surface area contributed by atoms with Crippen molar-refractivity contribution in [2.75, 3.05) is 0 Å². The number of fused-ring (bicyclic) bond motifs is 1. The zero-order chi connectivity index (χ0) is 21.1. The van der Waals surface area contributed by atoms with E-state index in [4.69, 9.17) is 16.9 Å². The van der Waals surface area contributed by atoms with Gasteiger partial charge in [0.2, 0.25) is 0 Å². The van der Waals surface area contributed by atoms with E-state index in [1.165, 1.54) is 0 Å². The van der Waals surface area contributed by atoms with Crippen LogP contribution in [0.3, 0.4) is 0 Å². The molecule has 2 heterocycles. The summed E-state index contributed by atoms with van der Waals surface area (Å²) in [4.78, 5) is 19.6. The van der Waals surface area contributed by atoms with Gasteiger partial charge in [0.05, 0.1) is 28.4 Å². The van der Waals surface area contributed by atoms with Crippen molar-refractivity contribution in [1.29, 1.82) is 5.26 Å². The minimum atomic E-state index is -0.0567. The number of hydrogen-bond donors (Lipinski definition) is 0. The Labute approximate surface area is 185 Å². The third kappa shape index (κ3) is 3.08. The molecule has 1 aromatic heterocycles. The zero-order valence-electron chi connectivity index (χ0n) is 17.0. The van der Waals surface area contributed by atoms with Crippen LogP contribution in [0.1, 0.15) is 54.9 Å². The number of nitrogens with zero attached hydrogens (tertiary/aromatic N) is 3. The second-order valence-electron chi connectivity index (χ2n) is 9.29. The maximum atomic E-state index is 13.1. The van der Waals surface area contributed by atoms with E-state index >= 15 is 0 Å². The van der Waals surface area contributed by atoms with Crippen LogP contribution in [0.15, 0.2) is 34.9 Å². The van der Waals surface area contributed by atoms with Crippen molar-refractivity contribution in [1.82, 2.24) is 9.88 Å². The van der Waals surface area contributed by atoms with E-state index in [1.807, 2.05) is 29.2 Å². The standard InChI is InChI=1S/C23H23BrClN3O/c1-22(2)18(10-13-5-6-14(11-26)16(25)9-13)23(3,4)21(22)28-12-17-15(20(28)29)7-8-19(24)27-17/h5-9,18,21H,10,12H2,1-4H3. The molecule has 150 valence electrons. The highest BCUT2D eigenvalue weighted by atomic mass is 79.9. The number of nitriles is 1. The Bertz CT molecular complexity index is 1040. The third-order valence-corrected chi connectivity index (χ3v) is 7.62. The number of pyridine rings is 1. The van der Waals surface area contributed by atoms with Gasteiger partial charge in [-0.1, -0.05) is 45.4 Å². The molecule has 0 spiro atoms. The highest BCUT2D eigenvalue weighted by molar-refractivity contribution is 9.10. The largest absolute Gasteiger partial charge is 0.329 e. The molecule has 0 unspecified atom stereocenters. The maximum absolute atomic E-state index is 13.1. The van der Waals surface area contributed by atoms with E-state index in [9.17, 15) is 4.79 Å². The number of aromatic nitrogens is 1. The van der Waals surface area contributed by atoms with Gasteiger partial charge in [-0.25, -0.2) is 4.98 Å². The normalized spacial score (nSPS) is 24.0. The van der Waals surface area contributed by atoms with Crippen molar-refractivity contribution in [2.45, 2.75) is 46.7 Å². The second-order valence-corrected chi connectivity index (χ2v) is 10.5. The van der Waals surface area contributed by atoms with Crippen molar-refractivity contribution in [3.63, 3.8) is 0 Å². The smallest absolute Gasteiger partial charge is 0.256 e. The average molecular weight is 473 g/mol. The van der Waals surface area contributed by atoms with Crippen molar-refractivity contribution >= 4 is 33.4 Å². The first-order valence-electron chi connectivity index (χ1n) is 9.72. The SMILES string of the molecule is CC1(C)C(Cc2ccc(C#N)c(Cl)c2)C(C)(C)C1N1Cc2nc(Br)ccc2C1=O. The van der Waals surface area contributed by atoms with Gasteiger partial charge in [-0.3, -0.25) is 4.79 Å². The molecule has 0 radical (unpaired) electrons. The summed E-state index contributed by atoms with van der Waals surface area (Å²) in [6.45, 7) is 9.55. The molecule has 0 saturated heterocycles. The van der Waals surface area contributed by atoms with Crippen molar-refractivity contribution in [2.24, 2.45) is 16.7 Å². The quantitative estimate of drug-likeness (QED) is 0.545. The molecular weight excluding hydrogens is 450 g/mol. The molecule has 1 aromatic carbocycles. The Morgan fingerprint density at radius 3 is 2.55 bits per heavy atom. The van der Waals surface area contributed by atoms with Crippen LogP contribution < -0.4 is 0 Å². The van der Waals surface area contributed by atoms with Crippen LogP contribution in [0.4, 0.5) is 0 Å². The minimum absolute atomic E-state index is 0.0567. The molecule has 1 aliphatic carbocycles. The number of rotatable bonds is 3. The number of carbonyl (C=O) groups excluding carboxylic acids is 1. The molecule has 0 atom stereocenters. The topological polar surface area (TPSA) is 57.0 Å². The summed E-state index contributed by atoms with van der Waals surface area (Å²) in [6, 6.07) is 11.6. The summed E-state index contributed by atoms with van der Waals surface area (Å²) < 4.78 is 0.758. The molecule has 1 saturated carbocycles. The van der Waals surface area contributed by atoms with Crippen LogP contribution in [-0.4, -0.2) is 21.8 Å². The Kier molecular flexibility index (Phi) is 4.79. The number of benzene rings is 1. The zero-order valence-corrected chi connectivity index (χ0v) is 19.3. The number of amides is 1. The third-order valence-electron chi connectivity index (χ3n) is 6.86. The lowest BCUT2D eigenvalue weighted by Crippen LogP contribution is -2.70. The number of hydrogen-bond acceptors (Lipinski definition) is 3. The lowest BCUT2D eigenvalue weighted by molar-refractivity contribution is -0.167. The maximum Gasteiger partial charge on any atom is 0.256 e. The van der Waals surface area contributed by atoms with Gasteiger partial charge in [0.1, 0.15) is 10.7 Å². The van der Waals surface area contributed by atoms with Crippen molar-refractivity contribution in [3.05, 3.63) is 62.3 Å². The van der Waals surface area contributed by atoms with Crippen LogP contribution in [0.25, 0.3) is 0 Å². The van der Waals surface area contributed by atoms with Crippen LogP contribution in [-0.2, 0) is 13.0 Å². The molecule has 4 nitrogen and oxygen atoms in total. The first-order valence-corrected chi connectivity index (χ1v) is 10.9. The fraction of sp³-hybridized carbons (Fsp3) is 0.435. The fourth-order valence-corrected chi connectivity index (χ4v) is 6.52. The Balaban J connectivity index is 1.60. The molecule has 4 rings (SSSR count). The summed E-state index contributed by atoms with van der Waals surface area (Å²) in [5, 5.41) is 9.61. The Morgan fingerprint density at radius 1 is 1.24 bits per heavy atom. The molecule has 1 fully saturated rings. The summed E-state index contributed by atoms with van der Waals surface area (Å²) in [5.74, 6) is 0.450. The van der Waals surface area contributed by atoms with E-state index in [0.29, 0.717) is 28.6 Å². The summed E-state index contributed by atoms with van der Waals surface area (Å²) in [6.07, 6.45) is 0.862. The van der Waals surface area contributed by atoms with E-state index in [0.717, 1.165) is 22.3 Å². The molecule has 1 aliphatic heterocycles. The number of halogens is 2. The molecule has 0 bridgehead atoms. The van der Waals surface area contributed by atoms with Gasteiger partial charge in [-0.05, 0) is 68.9 Å². The van der Waals surface area contributed by atoms with Crippen molar-refractivity contribution in [3.8, 4) is 6.07 Å². The average Bonchev–Trinajstić information content (AvgIpc) is 2.94. The Hall–Kier alpha value is -1.90. The molecule has 1 amide bonds. The lowest BCUT2D eigenvalue weighted by atomic mass is 9.43. The van der Waals surface area contributed by atoms with Gasteiger partial charge in [0.25, 0.3) is 5.91 Å². The van der Waals surface area contributed by atoms with Crippen LogP contribution >= 0.6 is 27.5 Å². The van der Waals surface area contributed by atoms with Gasteiger partial charge >= 0.3 is 0 Å². The molecular formula is C23H23BrClN3O. The van der Waals surface area contributed by atoms with E-state index < -0.39 is 0 Å². The molecule has 29 heavy (non-hydrogen) atoms. The van der Waals surface area contributed by atoms with E-state index in [-0.39, 0.29) is 22.8 Å². The molecule has 2 aliphatic rings. The predicted octanol–water partition coefficient (Wildman–Crippen LogP) is 5.62. The lowest BCUT2D eigenvalue weighted by Gasteiger charge is -2.67. The highest BCUT2D eigenvalue weighted by Gasteiger charge is 2.64. The molecule has 0 N–H and O–H groups in total. The fourth-order valence-electron chi connectivity index (χ4n) is 5.93. The van der Waals surface area contributed by atoms with E-state index in [2.05, 4.69) is 54.7 Å². The highest BCUT2D eigenvalue weighted by Crippen LogP contribution is 2.62. The summed E-state index contributed by atoms with van der Waals surface area (Å²) in [7, 11) is 0. The summed E-state index contributed by atoms with van der Waals surface area (Å²) in [5.41, 5.74) is 3.07. The van der Waals surface area contributed by atoms with Crippen LogP contribution in [0, 0.1) is 28.1 Å². The van der Waals surface area contributed by atoms with Crippen molar-refractivity contribution < 1.29 is 4.79 Å². The Morgan fingerprint density at radius 2 is 1.93 bits per heavy atom. The molecule has 2 aromatic rings. The van der Waals surface area contributed by atoms with E-state index in [1.54, 1.807) is 6.07 Å². The second kappa shape index (κ2) is 6.82. The predicted molar refractivity (Wildman–Crippen MR) is 117 cm³/mol. The number of carbonyl (C=O) groups is 1. The monoisotopic (exact) mass is 471 g/mol. The first-order chi connectivity index (χ1) is 13.6. The van der Waals surface area contributed by atoms with Gasteiger partial charge < -0.3 is 4.90 Å². The summed E-state index contributed by atoms with van der Waals surface area (Å²) >= 11 is 9.65. The van der Waals surface area contributed by atoms with Crippen LogP contribution in [0.5, 0.6) is 0 Å². The minimum Gasteiger partial charge on any atom is -0.329 e. The van der Waals surface area contributed by atoms with Gasteiger partial charge in [0.15, 0.2) is 0 Å².